The average molecular weight is 309 g/mol. The second-order valence-corrected chi connectivity index (χ2v) is 6.01. The molecule has 0 spiro atoms. The second-order valence-electron chi connectivity index (χ2n) is 6.01. The maximum atomic E-state index is 11.8. The van der Waals surface area contributed by atoms with Crippen LogP contribution in [0.2, 0.25) is 0 Å². The van der Waals surface area contributed by atoms with Crippen LogP contribution in [0.3, 0.4) is 0 Å². The second kappa shape index (κ2) is 7.68. The molecule has 22 heavy (non-hydrogen) atoms. The number of anilines is 1. The normalized spacial score (nSPS) is 10.8. The largest absolute Gasteiger partial charge is 0.497 e. The first-order chi connectivity index (χ1) is 10.2. The minimum atomic E-state index is -0.425. The van der Waals surface area contributed by atoms with Crippen LogP contribution in [0.25, 0.3) is 0 Å². The van der Waals surface area contributed by atoms with Gasteiger partial charge in [0.15, 0.2) is 6.61 Å². The first-order valence-electron chi connectivity index (χ1n) is 6.92. The minimum Gasteiger partial charge on any atom is -0.497 e. The molecule has 0 radical (unpaired) electrons. The number of esters is 1. The Kier molecular flexibility index (Phi) is 6.22. The summed E-state index contributed by atoms with van der Waals surface area (Å²) in [4.78, 5) is 23.4. The average Bonchev–Trinajstić information content (AvgIpc) is 2.43. The summed E-state index contributed by atoms with van der Waals surface area (Å²) in [6, 6.07) is 5.01. The molecule has 0 unspecified atom stereocenters. The molecule has 6 nitrogen and oxygen atoms in total. The van der Waals surface area contributed by atoms with Crippen LogP contribution >= 0.6 is 0 Å². The molecule has 0 aliphatic rings. The number of hydrogen-bond donors (Lipinski definition) is 1. The van der Waals surface area contributed by atoms with Crippen LogP contribution in [0.5, 0.6) is 11.5 Å². The van der Waals surface area contributed by atoms with E-state index >= 15 is 0 Å². The summed E-state index contributed by atoms with van der Waals surface area (Å²) >= 11 is 0. The highest BCUT2D eigenvalue weighted by Crippen LogP contribution is 2.28. The molecule has 0 saturated carbocycles. The fourth-order valence-corrected chi connectivity index (χ4v) is 1.72. The number of nitrogens with one attached hydrogen (secondary N) is 1. The zero-order chi connectivity index (χ0) is 16.8. The molecule has 0 bridgehead atoms. The van der Waals surface area contributed by atoms with Gasteiger partial charge in [-0.15, -0.1) is 0 Å². The molecule has 122 valence electrons. The third kappa shape index (κ3) is 6.03. The summed E-state index contributed by atoms with van der Waals surface area (Å²) in [6.07, 6.45) is 0.256. The molecule has 0 saturated heterocycles. The van der Waals surface area contributed by atoms with E-state index in [9.17, 15) is 9.59 Å². The first-order valence-corrected chi connectivity index (χ1v) is 6.92. The van der Waals surface area contributed by atoms with Crippen LogP contribution in [0, 0.1) is 5.41 Å². The Hall–Kier alpha value is -2.24. The van der Waals surface area contributed by atoms with Crippen molar-refractivity contribution in [1.29, 1.82) is 0 Å². The lowest BCUT2D eigenvalue weighted by Gasteiger charge is -2.16. The molecular weight excluding hydrogens is 286 g/mol. The summed E-state index contributed by atoms with van der Waals surface area (Å²) in [5.41, 5.74) is 0.312. The SMILES string of the molecule is COc1ccc(NC(=O)COC(=O)CC(C)(C)C)c(OC)c1. The maximum Gasteiger partial charge on any atom is 0.306 e. The van der Waals surface area contributed by atoms with E-state index in [1.54, 1.807) is 25.3 Å². The lowest BCUT2D eigenvalue weighted by Crippen LogP contribution is -2.23. The van der Waals surface area contributed by atoms with Gasteiger partial charge in [-0.1, -0.05) is 20.8 Å². The van der Waals surface area contributed by atoms with E-state index in [4.69, 9.17) is 14.2 Å². The summed E-state index contributed by atoms with van der Waals surface area (Å²) in [7, 11) is 3.04. The fraction of sp³-hybridized carbons (Fsp3) is 0.500. The van der Waals surface area contributed by atoms with Gasteiger partial charge in [-0.25, -0.2) is 0 Å². The minimum absolute atomic E-state index is 0.174. The quantitative estimate of drug-likeness (QED) is 0.818. The van der Waals surface area contributed by atoms with Crippen molar-refractivity contribution >= 4 is 17.6 Å². The van der Waals surface area contributed by atoms with Gasteiger partial charge in [-0.3, -0.25) is 9.59 Å². The number of methoxy groups -OCH3 is 2. The van der Waals surface area contributed by atoms with Gasteiger partial charge in [-0.05, 0) is 17.5 Å². The number of amides is 1. The zero-order valence-electron chi connectivity index (χ0n) is 13.7. The smallest absolute Gasteiger partial charge is 0.306 e. The van der Waals surface area contributed by atoms with Crippen molar-refractivity contribution in [3.63, 3.8) is 0 Å². The molecule has 0 aliphatic heterocycles. The van der Waals surface area contributed by atoms with E-state index in [0.29, 0.717) is 17.2 Å². The van der Waals surface area contributed by atoms with Crippen molar-refractivity contribution in [3.8, 4) is 11.5 Å². The number of hydrogen-bond acceptors (Lipinski definition) is 5. The zero-order valence-corrected chi connectivity index (χ0v) is 13.7. The number of benzene rings is 1. The Labute approximate surface area is 130 Å². The van der Waals surface area contributed by atoms with Crippen molar-refractivity contribution in [3.05, 3.63) is 18.2 Å². The van der Waals surface area contributed by atoms with E-state index < -0.39 is 11.9 Å². The molecule has 0 aliphatic carbocycles. The van der Waals surface area contributed by atoms with Crippen molar-refractivity contribution in [2.24, 2.45) is 5.41 Å². The molecule has 1 N–H and O–H groups in total. The van der Waals surface area contributed by atoms with Gasteiger partial charge < -0.3 is 19.5 Å². The Balaban J connectivity index is 2.57. The molecule has 0 heterocycles. The van der Waals surface area contributed by atoms with Gasteiger partial charge in [-0.2, -0.15) is 0 Å². The summed E-state index contributed by atoms with van der Waals surface area (Å²) in [5.74, 6) is 0.259. The lowest BCUT2D eigenvalue weighted by molar-refractivity contribution is -0.149. The van der Waals surface area contributed by atoms with Crippen molar-refractivity contribution in [2.75, 3.05) is 26.1 Å². The number of rotatable bonds is 6. The monoisotopic (exact) mass is 309 g/mol. The van der Waals surface area contributed by atoms with E-state index in [-0.39, 0.29) is 18.4 Å². The fourth-order valence-electron chi connectivity index (χ4n) is 1.72. The van der Waals surface area contributed by atoms with Gasteiger partial charge in [0, 0.05) is 6.07 Å². The van der Waals surface area contributed by atoms with E-state index in [2.05, 4.69) is 5.32 Å². The highest BCUT2D eigenvalue weighted by molar-refractivity contribution is 5.94. The Morgan fingerprint density at radius 3 is 2.36 bits per heavy atom. The standard InChI is InChI=1S/C16H23NO5/c1-16(2,3)9-15(19)22-10-14(18)17-12-7-6-11(20-4)8-13(12)21-5/h6-8H,9-10H2,1-5H3,(H,17,18). The molecule has 1 aromatic carbocycles. The van der Waals surface area contributed by atoms with E-state index in [1.165, 1.54) is 7.11 Å². The molecule has 6 heteroatoms. The molecule has 1 rings (SSSR count). The van der Waals surface area contributed by atoms with Crippen LogP contribution in [0.15, 0.2) is 18.2 Å². The van der Waals surface area contributed by atoms with Gasteiger partial charge in [0.1, 0.15) is 11.5 Å². The highest BCUT2D eigenvalue weighted by atomic mass is 16.5. The van der Waals surface area contributed by atoms with Crippen LogP contribution in [0.1, 0.15) is 27.2 Å². The third-order valence-corrected chi connectivity index (χ3v) is 2.72. The Bertz CT molecular complexity index is 534. The van der Waals surface area contributed by atoms with Gasteiger partial charge in [0.2, 0.25) is 0 Å². The summed E-state index contributed by atoms with van der Waals surface area (Å²) < 4.78 is 15.2. The molecular formula is C16H23NO5. The van der Waals surface area contributed by atoms with Crippen LogP contribution in [0.4, 0.5) is 5.69 Å². The maximum absolute atomic E-state index is 11.8. The number of ether oxygens (including phenoxy) is 3. The van der Waals surface area contributed by atoms with Crippen LogP contribution in [-0.2, 0) is 14.3 Å². The Morgan fingerprint density at radius 2 is 1.82 bits per heavy atom. The van der Waals surface area contributed by atoms with Crippen molar-refractivity contribution < 1.29 is 23.8 Å². The number of carbonyl (C=O) groups excluding carboxylic acids is 2. The lowest BCUT2D eigenvalue weighted by atomic mass is 9.92. The third-order valence-electron chi connectivity index (χ3n) is 2.72. The van der Waals surface area contributed by atoms with Crippen LogP contribution in [-0.4, -0.2) is 32.7 Å². The van der Waals surface area contributed by atoms with E-state index in [1.807, 2.05) is 20.8 Å². The van der Waals surface area contributed by atoms with Crippen molar-refractivity contribution in [1.82, 2.24) is 0 Å². The highest BCUT2D eigenvalue weighted by Gasteiger charge is 2.18. The van der Waals surface area contributed by atoms with Gasteiger partial charge in [0.05, 0.1) is 26.3 Å². The molecule has 1 aromatic rings. The van der Waals surface area contributed by atoms with Gasteiger partial charge in [0.25, 0.3) is 5.91 Å². The van der Waals surface area contributed by atoms with E-state index in [0.717, 1.165) is 0 Å². The number of carbonyl (C=O) groups is 2. The molecule has 0 fully saturated rings. The van der Waals surface area contributed by atoms with Gasteiger partial charge >= 0.3 is 5.97 Å². The molecule has 0 atom stereocenters. The first kappa shape index (κ1) is 17.8. The Morgan fingerprint density at radius 1 is 1.14 bits per heavy atom. The molecule has 1 amide bonds. The predicted octanol–water partition coefficient (Wildman–Crippen LogP) is 2.62. The summed E-state index contributed by atoms with van der Waals surface area (Å²) in [5, 5.41) is 2.63. The predicted molar refractivity (Wildman–Crippen MR) is 83.2 cm³/mol. The topological polar surface area (TPSA) is 73.9 Å². The van der Waals surface area contributed by atoms with Crippen molar-refractivity contribution in [2.45, 2.75) is 27.2 Å². The summed E-state index contributed by atoms with van der Waals surface area (Å²) in [6.45, 7) is 5.45. The van der Waals surface area contributed by atoms with Crippen LogP contribution < -0.4 is 14.8 Å². The molecule has 0 aromatic heterocycles.